The number of aryl methyl sites for hydroxylation is 1. The van der Waals surface area contributed by atoms with E-state index < -0.39 is 0 Å². The first kappa shape index (κ1) is 16.2. The molecule has 0 saturated heterocycles. The summed E-state index contributed by atoms with van der Waals surface area (Å²) in [6, 6.07) is 12.8. The number of pyridine rings is 1. The number of nitrogens with zero attached hydrogens (tertiary/aromatic N) is 1. The van der Waals surface area contributed by atoms with Gasteiger partial charge in [0.25, 0.3) is 5.91 Å². The second-order valence-electron chi connectivity index (χ2n) is 6.24. The van der Waals surface area contributed by atoms with Crippen LogP contribution in [0.2, 0.25) is 0 Å². The minimum atomic E-state index is -0.197. The zero-order chi connectivity index (χ0) is 17.1. The summed E-state index contributed by atoms with van der Waals surface area (Å²) in [4.78, 5) is 28.2. The van der Waals surface area contributed by atoms with Crippen LogP contribution in [0.15, 0.2) is 42.5 Å². The standard InChI is InChI=1S/C19H21N3O2/c1-12-4-3-5-17(20-12)19(24)21-13(2)14-8-10-16(11-9-14)22-18(23)15-6-7-15/h3-5,8-11,13,15H,6-7H2,1-2H3,(H,21,24)(H,22,23). The Morgan fingerprint density at radius 1 is 1.12 bits per heavy atom. The van der Waals surface area contributed by atoms with Crippen molar-refractivity contribution in [3.05, 3.63) is 59.4 Å². The zero-order valence-electron chi connectivity index (χ0n) is 13.9. The molecule has 3 rings (SSSR count). The van der Waals surface area contributed by atoms with Crippen molar-refractivity contribution >= 4 is 17.5 Å². The molecule has 2 N–H and O–H groups in total. The largest absolute Gasteiger partial charge is 0.344 e. The molecule has 1 aromatic heterocycles. The van der Waals surface area contributed by atoms with E-state index in [1.807, 2.05) is 50.2 Å². The average Bonchev–Trinajstić information content (AvgIpc) is 3.40. The number of rotatable bonds is 5. The van der Waals surface area contributed by atoms with E-state index in [9.17, 15) is 9.59 Å². The lowest BCUT2D eigenvalue weighted by Crippen LogP contribution is -2.27. The number of hydrogen-bond donors (Lipinski definition) is 2. The highest BCUT2D eigenvalue weighted by Gasteiger charge is 2.29. The fraction of sp³-hybridized carbons (Fsp3) is 0.316. The Morgan fingerprint density at radius 2 is 1.83 bits per heavy atom. The zero-order valence-corrected chi connectivity index (χ0v) is 13.9. The predicted octanol–water partition coefficient (Wildman–Crippen LogP) is 3.23. The Kier molecular flexibility index (Phi) is 4.60. The molecule has 1 atom stereocenters. The summed E-state index contributed by atoms with van der Waals surface area (Å²) >= 11 is 0. The second kappa shape index (κ2) is 6.83. The normalized spacial score (nSPS) is 14.8. The molecule has 1 saturated carbocycles. The minimum Gasteiger partial charge on any atom is -0.344 e. The lowest BCUT2D eigenvalue weighted by Gasteiger charge is -2.15. The van der Waals surface area contributed by atoms with Crippen molar-refractivity contribution in [1.82, 2.24) is 10.3 Å². The van der Waals surface area contributed by atoms with Crippen LogP contribution in [0.25, 0.3) is 0 Å². The van der Waals surface area contributed by atoms with Gasteiger partial charge in [0, 0.05) is 17.3 Å². The number of hydrogen-bond acceptors (Lipinski definition) is 3. The molecule has 5 nitrogen and oxygen atoms in total. The van der Waals surface area contributed by atoms with Gasteiger partial charge in [-0.1, -0.05) is 18.2 Å². The van der Waals surface area contributed by atoms with Crippen molar-refractivity contribution in [2.24, 2.45) is 5.92 Å². The number of carbonyl (C=O) groups excluding carboxylic acids is 2. The summed E-state index contributed by atoms with van der Waals surface area (Å²) < 4.78 is 0. The fourth-order valence-electron chi connectivity index (χ4n) is 2.47. The van der Waals surface area contributed by atoms with Crippen LogP contribution in [0.4, 0.5) is 5.69 Å². The minimum absolute atomic E-state index is 0.0922. The Morgan fingerprint density at radius 3 is 2.46 bits per heavy atom. The summed E-state index contributed by atoms with van der Waals surface area (Å²) in [5.74, 6) is 0.0802. The van der Waals surface area contributed by atoms with E-state index in [2.05, 4.69) is 15.6 Å². The molecule has 124 valence electrons. The van der Waals surface area contributed by atoms with Gasteiger partial charge < -0.3 is 10.6 Å². The van der Waals surface area contributed by atoms with Crippen molar-refractivity contribution in [3.63, 3.8) is 0 Å². The molecule has 1 aliphatic carbocycles. The molecule has 5 heteroatoms. The van der Waals surface area contributed by atoms with E-state index in [4.69, 9.17) is 0 Å². The number of aromatic nitrogens is 1. The molecule has 0 radical (unpaired) electrons. The van der Waals surface area contributed by atoms with Crippen molar-refractivity contribution in [2.75, 3.05) is 5.32 Å². The highest BCUT2D eigenvalue weighted by Crippen LogP contribution is 2.30. The molecule has 24 heavy (non-hydrogen) atoms. The van der Waals surface area contributed by atoms with E-state index in [-0.39, 0.29) is 23.8 Å². The summed E-state index contributed by atoms with van der Waals surface area (Å²) in [6.45, 7) is 3.78. The molecule has 2 aromatic rings. The average molecular weight is 323 g/mol. The first-order valence-electron chi connectivity index (χ1n) is 8.18. The maximum absolute atomic E-state index is 12.2. The van der Waals surface area contributed by atoms with Gasteiger partial charge >= 0.3 is 0 Å². The summed E-state index contributed by atoms with van der Waals surface area (Å²) in [7, 11) is 0. The molecule has 0 spiro atoms. The van der Waals surface area contributed by atoms with Gasteiger partial charge in [-0.2, -0.15) is 0 Å². The Bertz CT molecular complexity index is 751. The van der Waals surface area contributed by atoms with Gasteiger partial charge in [0.2, 0.25) is 5.91 Å². The molecular weight excluding hydrogens is 302 g/mol. The Labute approximate surface area is 141 Å². The van der Waals surface area contributed by atoms with Crippen molar-refractivity contribution in [2.45, 2.75) is 32.7 Å². The topological polar surface area (TPSA) is 71.1 Å². The highest BCUT2D eigenvalue weighted by atomic mass is 16.2. The highest BCUT2D eigenvalue weighted by molar-refractivity contribution is 5.94. The molecular formula is C19H21N3O2. The molecule has 2 amide bonds. The monoisotopic (exact) mass is 323 g/mol. The van der Waals surface area contributed by atoms with Gasteiger partial charge in [-0.15, -0.1) is 0 Å². The lowest BCUT2D eigenvalue weighted by molar-refractivity contribution is -0.117. The molecule has 0 aliphatic heterocycles. The van der Waals surface area contributed by atoms with Crippen LogP contribution in [-0.4, -0.2) is 16.8 Å². The molecule has 1 unspecified atom stereocenters. The van der Waals surface area contributed by atoms with Crippen molar-refractivity contribution < 1.29 is 9.59 Å². The van der Waals surface area contributed by atoms with Crippen LogP contribution < -0.4 is 10.6 Å². The van der Waals surface area contributed by atoms with Crippen molar-refractivity contribution in [3.8, 4) is 0 Å². The first-order valence-corrected chi connectivity index (χ1v) is 8.18. The van der Waals surface area contributed by atoms with Crippen LogP contribution >= 0.6 is 0 Å². The molecule has 0 bridgehead atoms. The molecule has 1 heterocycles. The fourth-order valence-corrected chi connectivity index (χ4v) is 2.47. The van der Waals surface area contributed by atoms with Gasteiger partial charge in [0.05, 0.1) is 6.04 Å². The summed E-state index contributed by atoms with van der Waals surface area (Å²) in [5, 5.41) is 5.85. The molecule has 1 fully saturated rings. The van der Waals surface area contributed by atoms with Gasteiger partial charge in [-0.25, -0.2) is 4.98 Å². The van der Waals surface area contributed by atoms with Gasteiger partial charge in [-0.05, 0) is 56.5 Å². The lowest BCUT2D eigenvalue weighted by atomic mass is 10.1. The van der Waals surface area contributed by atoms with Crippen LogP contribution in [-0.2, 0) is 4.79 Å². The molecule has 1 aliphatic rings. The maximum atomic E-state index is 12.2. The van der Waals surface area contributed by atoms with E-state index >= 15 is 0 Å². The maximum Gasteiger partial charge on any atom is 0.270 e. The first-order chi connectivity index (χ1) is 11.5. The SMILES string of the molecule is Cc1cccc(C(=O)NC(C)c2ccc(NC(=O)C3CC3)cc2)n1. The number of anilines is 1. The number of benzene rings is 1. The summed E-state index contributed by atoms with van der Waals surface area (Å²) in [5.41, 5.74) is 2.98. The third-order valence-corrected chi connectivity index (χ3v) is 4.09. The third kappa shape index (κ3) is 3.98. The van der Waals surface area contributed by atoms with Crippen LogP contribution in [0.3, 0.4) is 0 Å². The van der Waals surface area contributed by atoms with E-state index in [0.717, 1.165) is 29.8 Å². The Balaban J connectivity index is 1.61. The second-order valence-corrected chi connectivity index (χ2v) is 6.24. The van der Waals surface area contributed by atoms with Crippen LogP contribution in [0.1, 0.15) is 47.6 Å². The van der Waals surface area contributed by atoms with E-state index in [0.29, 0.717) is 5.69 Å². The van der Waals surface area contributed by atoms with Gasteiger partial charge in [0.15, 0.2) is 0 Å². The smallest absolute Gasteiger partial charge is 0.270 e. The van der Waals surface area contributed by atoms with Crippen LogP contribution in [0, 0.1) is 12.8 Å². The van der Waals surface area contributed by atoms with E-state index in [1.165, 1.54) is 0 Å². The summed E-state index contributed by atoms with van der Waals surface area (Å²) in [6.07, 6.45) is 1.97. The number of carbonyl (C=O) groups is 2. The predicted molar refractivity (Wildman–Crippen MR) is 92.7 cm³/mol. The van der Waals surface area contributed by atoms with Gasteiger partial charge in [0.1, 0.15) is 5.69 Å². The van der Waals surface area contributed by atoms with Crippen LogP contribution in [0.5, 0.6) is 0 Å². The van der Waals surface area contributed by atoms with Crippen molar-refractivity contribution in [1.29, 1.82) is 0 Å². The quantitative estimate of drug-likeness (QED) is 0.887. The number of amides is 2. The number of nitrogens with one attached hydrogen (secondary N) is 2. The van der Waals surface area contributed by atoms with E-state index in [1.54, 1.807) is 6.07 Å². The molecule has 1 aromatic carbocycles. The van der Waals surface area contributed by atoms with Gasteiger partial charge in [-0.3, -0.25) is 9.59 Å². The Hall–Kier alpha value is -2.69. The third-order valence-electron chi connectivity index (χ3n) is 4.09.